The molecule has 1 aromatic heterocycles. The Hall–Kier alpha value is -2.71. The Labute approximate surface area is 165 Å². The second kappa shape index (κ2) is 7.73. The van der Waals surface area contributed by atoms with Crippen LogP contribution in [-0.4, -0.2) is 37.0 Å². The molecule has 0 unspecified atom stereocenters. The number of ether oxygens (including phenoxy) is 1. The van der Waals surface area contributed by atoms with Crippen LogP contribution in [0.1, 0.15) is 22.6 Å². The van der Waals surface area contributed by atoms with Crippen molar-refractivity contribution in [2.24, 2.45) is 0 Å². The van der Waals surface area contributed by atoms with Gasteiger partial charge in [0.05, 0.1) is 18.6 Å². The quantitative estimate of drug-likeness (QED) is 0.628. The number of nitrogens with zero attached hydrogens (tertiary/aromatic N) is 3. The second-order valence-corrected chi connectivity index (χ2v) is 8.67. The number of aryl methyl sites for hydroxylation is 1. The molecule has 28 heavy (non-hydrogen) atoms. The molecule has 0 atom stereocenters. The summed E-state index contributed by atoms with van der Waals surface area (Å²) in [4.78, 5) is 4.56. The summed E-state index contributed by atoms with van der Waals surface area (Å²) in [7, 11) is -0.677. The summed E-state index contributed by atoms with van der Waals surface area (Å²) in [6, 6.07) is 10.9. The van der Waals surface area contributed by atoms with Crippen molar-refractivity contribution < 1.29 is 17.7 Å². The first-order valence-electron chi connectivity index (χ1n) is 8.74. The summed E-state index contributed by atoms with van der Waals surface area (Å²) in [6.45, 7) is 5.55. The number of sulfonamides is 1. The minimum Gasteiger partial charge on any atom is -0.496 e. The van der Waals surface area contributed by atoms with E-state index in [1.807, 2.05) is 38.1 Å². The fourth-order valence-corrected chi connectivity index (χ4v) is 4.33. The Morgan fingerprint density at radius 2 is 1.86 bits per heavy atom. The molecule has 2 aromatic carbocycles. The fraction of sp³-hybridized carbons (Fsp3) is 0.300. The molecule has 3 aromatic rings. The van der Waals surface area contributed by atoms with Crippen LogP contribution in [0.4, 0.5) is 0 Å². The largest absolute Gasteiger partial charge is 0.496 e. The van der Waals surface area contributed by atoms with E-state index in [9.17, 15) is 8.42 Å². The highest BCUT2D eigenvalue weighted by Gasteiger charge is 2.26. The average Bonchev–Trinajstić information content (AvgIpc) is 3.12. The van der Waals surface area contributed by atoms with Crippen molar-refractivity contribution in [3.63, 3.8) is 0 Å². The van der Waals surface area contributed by atoms with Crippen LogP contribution < -0.4 is 4.74 Å². The van der Waals surface area contributed by atoms with E-state index in [-0.39, 0.29) is 17.3 Å². The van der Waals surface area contributed by atoms with Gasteiger partial charge in [0.2, 0.25) is 21.7 Å². The summed E-state index contributed by atoms with van der Waals surface area (Å²) in [5.41, 5.74) is 3.34. The monoisotopic (exact) mass is 401 g/mol. The number of methoxy groups -OCH3 is 1. The van der Waals surface area contributed by atoms with Crippen LogP contribution >= 0.6 is 0 Å². The van der Waals surface area contributed by atoms with Gasteiger partial charge in [-0.1, -0.05) is 28.9 Å². The second-order valence-electron chi connectivity index (χ2n) is 6.66. The Bertz CT molecular complexity index is 1110. The molecule has 0 bridgehead atoms. The van der Waals surface area contributed by atoms with Crippen LogP contribution in [0.5, 0.6) is 5.75 Å². The Balaban J connectivity index is 1.85. The van der Waals surface area contributed by atoms with Gasteiger partial charge in [-0.2, -0.15) is 9.29 Å². The summed E-state index contributed by atoms with van der Waals surface area (Å²) >= 11 is 0. The first kappa shape index (κ1) is 20.0. The van der Waals surface area contributed by atoms with Gasteiger partial charge in [-0.05, 0) is 50.1 Å². The van der Waals surface area contributed by atoms with Gasteiger partial charge in [-0.25, -0.2) is 8.42 Å². The molecule has 0 saturated heterocycles. The van der Waals surface area contributed by atoms with Crippen LogP contribution in [0.3, 0.4) is 0 Å². The molecule has 3 rings (SSSR count). The third-order valence-electron chi connectivity index (χ3n) is 4.70. The van der Waals surface area contributed by atoms with E-state index in [0.717, 1.165) is 16.7 Å². The first-order chi connectivity index (χ1) is 13.2. The van der Waals surface area contributed by atoms with E-state index in [1.165, 1.54) is 11.4 Å². The van der Waals surface area contributed by atoms with Gasteiger partial charge in [-0.15, -0.1) is 0 Å². The highest BCUT2D eigenvalue weighted by Crippen LogP contribution is 2.29. The van der Waals surface area contributed by atoms with Crippen LogP contribution in [0.2, 0.25) is 0 Å². The maximum atomic E-state index is 13.0. The lowest BCUT2D eigenvalue weighted by molar-refractivity contribution is 0.336. The molecule has 148 valence electrons. The molecule has 0 spiro atoms. The first-order valence-corrected chi connectivity index (χ1v) is 10.2. The Kier molecular flexibility index (Phi) is 5.53. The number of benzene rings is 2. The zero-order valence-electron chi connectivity index (χ0n) is 16.6. The van der Waals surface area contributed by atoms with Crippen molar-refractivity contribution >= 4 is 10.0 Å². The van der Waals surface area contributed by atoms with E-state index in [4.69, 9.17) is 9.26 Å². The van der Waals surface area contributed by atoms with Crippen LogP contribution in [0.25, 0.3) is 11.4 Å². The highest BCUT2D eigenvalue weighted by molar-refractivity contribution is 7.89. The van der Waals surface area contributed by atoms with E-state index >= 15 is 0 Å². The molecule has 0 amide bonds. The van der Waals surface area contributed by atoms with Crippen LogP contribution in [-0.2, 0) is 16.6 Å². The van der Waals surface area contributed by atoms with Crippen molar-refractivity contribution in [3.05, 3.63) is 59.0 Å². The lowest BCUT2D eigenvalue weighted by Gasteiger charge is -2.18. The van der Waals surface area contributed by atoms with Gasteiger partial charge >= 0.3 is 0 Å². The molecule has 0 radical (unpaired) electrons. The summed E-state index contributed by atoms with van der Waals surface area (Å²) < 4.78 is 37.8. The SMILES string of the molecule is COc1ccc(S(=O)(=O)N(C)Cc2nc(-c3cccc(C)c3)no2)c(C)c1C. The molecule has 8 heteroatoms. The average molecular weight is 401 g/mol. The van der Waals surface area contributed by atoms with Gasteiger partial charge in [0, 0.05) is 12.6 Å². The van der Waals surface area contributed by atoms with E-state index < -0.39 is 10.0 Å². The van der Waals surface area contributed by atoms with Crippen molar-refractivity contribution in [3.8, 4) is 17.1 Å². The minimum absolute atomic E-state index is 0.0222. The highest BCUT2D eigenvalue weighted by atomic mass is 32.2. The molecule has 0 N–H and O–H groups in total. The molecule has 0 aliphatic carbocycles. The maximum Gasteiger partial charge on any atom is 0.243 e. The van der Waals surface area contributed by atoms with Crippen LogP contribution in [0.15, 0.2) is 45.8 Å². The molecule has 1 heterocycles. The van der Waals surface area contributed by atoms with Crippen LogP contribution in [0, 0.1) is 20.8 Å². The lowest BCUT2D eigenvalue weighted by atomic mass is 10.1. The lowest BCUT2D eigenvalue weighted by Crippen LogP contribution is -2.27. The van der Waals surface area contributed by atoms with Crippen molar-refractivity contribution in [1.29, 1.82) is 0 Å². The van der Waals surface area contributed by atoms with Gasteiger partial charge in [-0.3, -0.25) is 0 Å². The number of rotatable bonds is 6. The minimum atomic E-state index is -3.73. The standard InChI is InChI=1S/C20H23N3O4S/c1-13-7-6-8-16(11-13)20-21-19(27-22-20)12-23(4)28(24,25)18-10-9-17(26-5)14(2)15(18)3/h6-11H,12H2,1-5H3. The topological polar surface area (TPSA) is 85.5 Å². The molecule has 0 fully saturated rings. The molecule has 7 nitrogen and oxygen atoms in total. The Morgan fingerprint density at radius 1 is 1.11 bits per heavy atom. The third kappa shape index (κ3) is 3.79. The number of aromatic nitrogens is 2. The van der Waals surface area contributed by atoms with Crippen molar-refractivity contribution in [2.45, 2.75) is 32.2 Å². The summed E-state index contributed by atoms with van der Waals surface area (Å²) in [5.74, 6) is 1.31. The van der Waals surface area contributed by atoms with Gasteiger partial charge in [0.1, 0.15) is 5.75 Å². The molecule has 0 saturated carbocycles. The van der Waals surface area contributed by atoms with E-state index in [0.29, 0.717) is 17.1 Å². The molecule has 0 aliphatic rings. The number of hydrogen-bond acceptors (Lipinski definition) is 6. The third-order valence-corrected chi connectivity index (χ3v) is 6.65. The zero-order chi connectivity index (χ0) is 20.5. The predicted molar refractivity (Wildman–Crippen MR) is 106 cm³/mol. The van der Waals surface area contributed by atoms with Crippen molar-refractivity contribution in [2.75, 3.05) is 14.2 Å². The maximum absolute atomic E-state index is 13.0. The molecular formula is C20H23N3O4S. The van der Waals surface area contributed by atoms with E-state index in [2.05, 4.69) is 10.1 Å². The smallest absolute Gasteiger partial charge is 0.243 e. The zero-order valence-corrected chi connectivity index (χ0v) is 17.4. The van der Waals surface area contributed by atoms with Crippen molar-refractivity contribution in [1.82, 2.24) is 14.4 Å². The summed E-state index contributed by atoms with van der Waals surface area (Å²) in [6.07, 6.45) is 0. The van der Waals surface area contributed by atoms with Gasteiger partial charge in [0.25, 0.3) is 0 Å². The Morgan fingerprint density at radius 3 is 2.54 bits per heavy atom. The molecule has 0 aliphatic heterocycles. The normalized spacial score (nSPS) is 11.8. The number of hydrogen-bond donors (Lipinski definition) is 0. The van der Waals surface area contributed by atoms with Gasteiger partial charge in [0.15, 0.2) is 0 Å². The molecular weight excluding hydrogens is 378 g/mol. The predicted octanol–water partition coefficient (Wildman–Crippen LogP) is 3.49. The fourth-order valence-electron chi connectivity index (χ4n) is 2.94. The van der Waals surface area contributed by atoms with Gasteiger partial charge < -0.3 is 9.26 Å². The summed E-state index contributed by atoms with van der Waals surface area (Å²) in [5, 5.41) is 3.97. The van der Waals surface area contributed by atoms with E-state index in [1.54, 1.807) is 26.2 Å².